The highest BCUT2D eigenvalue weighted by atomic mass is 19.1. The summed E-state index contributed by atoms with van der Waals surface area (Å²) in [6.45, 7) is -0.218. The second kappa shape index (κ2) is 10.0. The lowest BCUT2D eigenvalue weighted by Gasteiger charge is -2.58. The summed E-state index contributed by atoms with van der Waals surface area (Å²) in [7, 11) is 1.60. The van der Waals surface area contributed by atoms with Crippen LogP contribution in [-0.2, 0) is 11.3 Å². The van der Waals surface area contributed by atoms with E-state index in [1.54, 1.807) is 30.0 Å². The van der Waals surface area contributed by atoms with Crippen molar-refractivity contribution >= 4 is 23.2 Å². The molecule has 1 aromatic carbocycles. The number of methoxy groups -OCH3 is 1. The predicted octanol–water partition coefficient (Wildman–Crippen LogP) is 4.62. The van der Waals surface area contributed by atoms with Crippen molar-refractivity contribution < 1.29 is 23.8 Å². The van der Waals surface area contributed by atoms with Gasteiger partial charge in [-0.3, -0.25) is 5.10 Å². The normalized spacial score (nSPS) is 26.6. The van der Waals surface area contributed by atoms with Gasteiger partial charge in [0.1, 0.15) is 23.5 Å². The number of nitrogens with one attached hydrogen (secondary N) is 3. The number of alkyl carbamates (subject to hydrolysis) is 1. The molecular weight excluding hydrogens is 529 g/mol. The number of hydrogen-bond acceptors (Lipinski definition) is 8. The van der Waals surface area contributed by atoms with Crippen LogP contribution in [0, 0.1) is 5.92 Å². The lowest BCUT2D eigenvalue weighted by Crippen LogP contribution is -2.66. The van der Waals surface area contributed by atoms with E-state index in [-0.39, 0.29) is 12.1 Å². The zero-order chi connectivity index (χ0) is 28.1. The Morgan fingerprint density at radius 1 is 1.22 bits per heavy atom. The third kappa shape index (κ3) is 4.55. The van der Waals surface area contributed by atoms with Crippen LogP contribution in [0.3, 0.4) is 0 Å². The monoisotopic (exact) mass is 561 g/mol. The number of halogens is 1. The van der Waals surface area contributed by atoms with Gasteiger partial charge in [-0.15, -0.1) is 0 Å². The summed E-state index contributed by atoms with van der Waals surface area (Å²) in [4.78, 5) is 17.3. The fraction of sp³-hybridized carbons (Fsp3) is 0.448. The van der Waals surface area contributed by atoms with Crippen molar-refractivity contribution in [3.63, 3.8) is 0 Å². The van der Waals surface area contributed by atoms with E-state index in [0.29, 0.717) is 58.7 Å². The summed E-state index contributed by atoms with van der Waals surface area (Å²) >= 11 is 0. The minimum atomic E-state index is -1.34. The van der Waals surface area contributed by atoms with Crippen molar-refractivity contribution in [2.45, 2.75) is 68.9 Å². The number of carbonyl (C=O) groups is 1. The third-order valence-electron chi connectivity index (χ3n) is 9.05. The van der Waals surface area contributed by atoms with Gasteiger partial charge in [0.05, 0.1) is 31.3 Å². The number of anilines is 2. The molecule has 0 aliphatic heterocycles. The van der Waals surface area contributed by atoms with Crippen LogP contribution in [0.25, 0.3) is 16.8 Å². The molecule has 3 aromatic heterocycles. The van der Waals surface area contributed by atoms with Crippen LogP contribution < -0.4 is 15.4 Å². The zero-order valence-corrected chi connectivity index (χ0v) is 22.6. The SMILES string of the molecule is COc1cccc(-c2cn3nc(CO)cc3c(Nc3cc([C@H]4CC[C@@H](OC(=O)NC56CCC5CC6)[C@@H]4F)[nH]n3)n2)c1. The Hall–Kier alpha value is -4.19. The van der Waals surface area contributed by atoms with Crippen molar-refractivity contribution in [2.24, 2.45) is 5.92 Å². The number of rotatable bonds is 8. The van der Waals surface area contributed by atoms with E-state index in [1.165, 1.54) is 0 Å². The van der Waals surface area contributed by atoms with Crippen LogP contribution >= 0.6 is 0 Å². The molecule has 0 bridgehead atoms. The van der Waals surface area contributed by atoms with Crippen LogP contribution in [0.2, 0.25) is 0 Å². The molecule has 11 nitrogen and oxygen atoms in total. The van der Waals surface area contributed by atoms with Gasteiger partial charge in [0.15, 0.2) is 11.6 Å². The number of benzene rings is 1. The lowest BCUT2D eigenvalue weighted by molar-refractivity contribution is -0.0279. The molecule has 12 heteroatoms. The van der Waals surface area contributed by atoms with Crippen molar-refractivity contribution in [3.05, 3.63) is 54.0 Å². The van der Waals surface area contributed by atoms with Gasteiger partial charge in [-0.1, -0.05) is 12.1 Å². The first-order valence-corrected chi connectivity index (χ1v) is 14.0. The average Bonchev–Trinajstić information content (AvgIpc) is 3.71. The zero-order valence-electron chi connectivity index (χ0n) is 22.6. The predicted molar refractivity (Wildman–Crippen MR) is 148 cm³/mol. The first-order valence-electron chi connectivity index (χ1n) is 14.0. The van der Waals surface area contributed by atoms with Crippen molar-refractivity contribution in [3.8, 4) is 17.0 Å². The van der Waals surface area contributed by atoms with E-state index >= 15 is 4.39 Å². The molecule has 4 N–H and O–H groups in total. The maximum absolute atomic E-state index is 15.5. The number of hydrogen-bond donors (Lipinski definition) is 4. The molecular formula is C29H32FN7O4. The molecule has 0 saturated heterocycles. The highest BCUT2D eigenvalue weighted by Crippen LogP contribution is 2.53. The third-order valence-corrected chi connectivity index (χ3v) is 9.05. The number of ether oxygens (including phenoxy) is 2. The van der Waals surface area contributed by atoms with Gasteiger partial charge in [-0.25, -0.2) is 18.7 Å². The van der Waals surface area contributed by atoms with Gasteiger partial charge >= 0.3 is 6.09 Å². The Bertz CT molecular complexity index is 1600. The van der Waals surface area contributed by atoms with Crippen LogP contribution in [0.15, 0.2) is 42.6 Å². The van der Waals surface area contributed by atoms with Gasteiger partial charge in [0.25, 0.3) is 0 Å². The van der Waals surface area contributed by atoms with Gasteiger partial charge in [0, 0.05) is 28.8 Å². The van der Waals surface area contributed by atoms with Crippen LogP contribution in [0.5, 0.6) is 5.75 Å². The van der Waals surface area contributed by atoms with Crippen molar-refractivity contribution in [1.82, 2.24) is 30.1 Å². The van der Waals surface area contributed by atoms with Crippen LogP contribution in [0.4, 0.5) is 20.8 Å². The number of carbonyl (C=O) groups excluding carboxylic acids is 1. The first-order chi connectivity index (χ1) is 19.9. The molecule has 7 rings (SSSR count). The largest absolute Gasteiger partial charge is 0.497 e. The van der Waals surface area contributed by atoms with Gasteiger partial charge in [0.2, 0.25) is 0 Å². The number of H-pyrrole nitrogens is 1. The Labute approximate surface area is 235 Å². The number of nitrogens with zero attached hydrogens (tertiary/aromatic N) is 4. The van der Waals surface area contributed by atoms with E-state index < -0.39 is 24.3 Å². The van der Waals surface area contributed by atoms with Crippen LogP contribution in [0.1, 0.15) is 55.8 Å². The number of amides is 1. The summed E-state index contributed by atoms with van der Waals surface area (Å²) in [5, 5.41) is 27.7. The molecule has 3 aliphatic carbocycles. The fourth-order valence-corrected chi connectivity index (χ4v) is 6.48. The Kier molecular flexibility index (Phi) is 6.29. The highest BCUT2D eigenvalue weighted by molar-refractivity contribution is 5.76. The summed E-state index contributed by atoms with van der Waals surface area (Å²) in [5.74, 6) is 1.70. The Morgan fingerprint density at radius 3 is 2.80 bits per heavy atom. The van der Waals surface area contributed by atoms with E-state index in [0.717, 1.165) is 31.2 Å². The topological polar surface area (TPSA) is 139 Å². The second-order valence-electron chi connectivity index (χ2n) is 11.3. The quantitative estimate of drug-likeness (QED) is 0.245. The number of alkyl halides is 1. The van der Waals surface area contributed by atoms with Gasteiger partial charge in [-0.2, -0.15) is 10.2 Å². The van der Waals surface area contributed by atoms with E-state index in [1.807, 2.05) is 24.3 Å². The minimum absolute atomic E-state index is 0.109. The van der Waals surface area contributed by atoms with E-state index in [2.05, 4.69) is 25.9 Å². The molecule has 214 valence electrons. The Morgan fingerprint density at radius 2 is 2.07 bits per heavy atom. The number of aromatic amines is 1. The number of aromatic nitrogens is 5. The fourth-order valence-electron chi connectivity index (χ4n) is 6.48. The molecule has 3 aliphatic rings. The lowest BCUT2D eigenvalue weighted by atomic mass is 9.53. The molecule has 3 saturated carbocycles. The number of fused-ring (bicyclic) bond motifs is 2. The smallest absolute Gasteiger partial charge is 0.407 e. The average molecular weight is 562 g/mol. The molecule has 0 spiro atoms. The van der Waals surface area contributed by atoms with Gasteiger partial charge < -0.3 is 25.2 Å². The second-order valence-corrected chi connectivity index (χ2v) is 11.3. The summed E-state index contributed by atoms with van der Waals surface area (Å²) in [5.41, 5.74) is 3.10. The van der Waals surface area contributed by atoms with E-state index in [4.69, 9.17) is 14.5 Å². The van der Waals surface area contributed by atoms with E-state index in [9.17, 15) is 9.90 Å². The minimum Gasteiger partial charge on any atom is -0.497 e. The standard InChI is InChI=1S/C29H32FN7O4/c1-40-19-4-2-3-16(11-19)22-14-37-23(12-18(15-38)36-37)27(31-22)32-25-13-21(34-35-25)20-5-6-24(26(20)30)41-28(39)33-29-9-7-17(29)8-10-29/h2-4,11-14,17,20,24,26,38H,5-10,15H2,1H3,(H,33,39)(H2,31,32,34,35)/t17?,20-,24-,26-,29?/m1/s1. The molecule has 4 aromatic rings. The molecule has 41 heavy (non-hydrogen) atoms. The molecule has 1 amide bonds. The first kappa shape index (κ1) is 25.8. The summed E-state index contributed by atoms with van der Waals surface area (Å²) < 4.78 is 28.0. The highest BCUT2D eigenvalue weighted by Gasteiger charge is 2.55. The molecule has 0 unspecified atom stereocenters. The Balaban J connectivity index is 1.08. The molecule has 3 heterocycles. The number of aliphatic hydroxyl groups is 1. The number of aliphatic hydroxyl groups excluding tert-OH is 1. The van der Waals surface area contributed by atoms with Crippen molar-refractivity contribution in [2.75, 3.05) is 12.4 Å². The maximum atomic E-state index is 15.5. The maximum Gasteiger partial charge on any atom is 0.407 e. The molecule has 0 radical (unpaired) electrons. The van der Waals surface area contributed by atoms with Crippen LogP contribution in [-0.4, -0.2) is 60.9 Å². The molecule has 3 fully saturated rings. The summed E-state index contributed by atoms with van der Waals surface area (Å²) in [6.07, 6.45) is 4.36. The summed E-state index contributed by atoms with van der Waals surface area (Å²) in [6, 6.07) is 11.0. The van der Waals surface area contributed by atoms with Crippen molar-refractivity contribution in [1.29, 1.82) is 0 Å². The molecule has 3 atom stereocenters. The van der Waals surface area contributed by atoms with Gasteiger partial charge in [-0.05, 0) is 62.6 Å².